The summed E-state index contributed by atoms with van der Waals surface area (Å²) in [6.07, 6.45) is 9.17. The van der Waals surface area contributed by atoms with Crippen molar-refractivity contribution in [1.82, 2.24) is 4.90 Å². The van der Waals surface area contributed by atoms with Crippen molar-refractivity contribution in [3.63, 3.8) is 0 Å². The van der Waals surface area contributed by atoms with Crippen molar-refractivity contribution in [2.24, 2.45) is 16.7 Å². The third kappa shape index (κ3) is 2.56. The molecular formula is C29H37NO5. The molecule has 6 heteroatoms. The molecule has 2 aromatic rings. The van der Waals surface area contributed by atoms with E-state index in [4.69, 9.17) is 23.4 Å². The Morgan fingerprint density at radius 3 is 2.83 bits per heavy atom. The molecule has 1 aromatic heterocycles. The van der Waals surface area contributed by atoms with Gasteiger partial charge in [0.1, 0.15) is 12.2 Å². The second kappa shape index (κ2) is 7.50. The van der Waals surface area contributed by atoms with Crippen molar-refractivity contribution in [1.29, 1.82) is 0 Å². The number of likely N-dealkylation sites (tertiary alicyclic amines) is 1. The Bertz CT molecular complexity index is 1130. The van der Waals surface area contributed by atoms with Gasteiger partial charge in [-0.1, -0.05) is 13.0 Å². The molecule has 1 aromatic carbocycles. The van der Waals surface area contributed by atoms with Crippen molar-refractivity contribution >= 4 is 0 Å². The van der Waals surface area contributed by atoms with Gasteiger partial charge in [0.05, 0.1) is 32.8 Å². The number of hydrogen-bond donors (Lipinski definition) is 0. The highest BCUT2D eigenvalue weighted by atomic mass is 16.6. The fourth-order valence-corrected chi connectivity index (χ4v) is 9.39. The largest absolute Gasteiger partial charge is 0.493 e. The summed E-state index contributed by atoms with van der Waals surface area (Å²) in [5.74, 6) is 2.33. The van der Waals surface area contributed by atoms with Gasteiger partial charge in [-0.25, -0.2) is 0 Å². The van der Waals surface area contributed by atoms with E-state index < -0.39 is 0 Å². The van der Waals surface area contributed by atoms with E-state index in [-0.39, 0.29) is 28.5 Å². The Balaban J connectivity index is 1.39. The summed E-state index contributed by atoms with van der Waals surface area (Å²) >= 11 is 0. The molecule has 3 heterocycles. The zero-order chi connectivity index (χ0) is 24.0. The Labute approximate surface area is 207 Å². The number of hydrogen-bond acceptors (Lipinski definition) is 6. The molecule has 0 amide bonds. The lowest BCUT2D eigenvalue weighted by atomic mass is 9.35. The van der Waals surface area contributed by atoms with E-state index in [0.717, 1.165) is 42.9 Å². The average Bonchev–Trinajstić information content (AvgIpc) is 3.49. The lowest BCUT2D eigenvalue weighted by Crippen LogP contribution is -2.78. The lowest BCUT2D eigenvalue weighted by Gasteiger charge is -2.73. The van der Waals surface area contributed by atoms with E-state index in [1.165, 1.54) is 24.0 Å². The van der Waals surface area contributed by atoms with Gasteiger partial charge in [0.2, 0.25) is 0 Å². The van der Waals surface area contributed by atoms with Gasteiger partial charge in [0.15, 0.2) is 11.5 Å². The Hall–Kier alpha value is -2.02. The van der Waals surface area contributed by atoms with Crippen molar-refractivity contribution < 1.29 is 23.4 Å². The van der Waals surface area contributed by atoms with E-state index >= 15 is 0 Å². The highest BCUT2D eigenvalue weighted by molar-refractivity contribution is 5.63. The van der Waals surface area contributed by atoms with Crippen LogP contribution in [0.1, 0.15) is 49.3 Å². The van der Waals surface area contributed by atoms with Crippen LogP contribution >= 0.6 is 0 Å². The first-order valence-corrected chi connectivity index (χ1v) is 13.2. The number of rotatable bonds is 6. The second-order valence-corrected chi connectivity index (χ2v) is 11.9. The minimum Gasteiger partial charge on any atom is -0.493 e. The zero-order valence-electron chi connectivity index (χ0n) is 21.3. The van der Waals surface area contributed by atoms with Gasteiger partial charge in [0.25, 0.3) is 0 Å². The molecule has 1 unspecified atom stereocenters. The van der Waals surface area contributed by atoms with Gasteiger partial charge < -0.3 is 28.3 Å². The van der Waals surface area contributed by atoms with E-state index in [2.05, 4.69) is 31.0 Å². The molecule has 7 rings (SSSR count). The summed E-state index contributed by atoms with van der Waals surface area (Å²) in [5, 5.41) is 0. The molecule has 4 bridgehead atoms. The smallest absolute Gasteiger partial charge is 0.165 e. The number of nitrogens with zero attached hydrogens (tertiary/aromatic N) is 1. The monoisotopic (exact) mass is 479 g/mol. The normalized spacial score (nSPS) is 40.8. The van der Waals surface area contributed by atoms with Crippen LogP contribution < -0.4 is 9.47 Å². The molecule has 5 aliphatic rings. The molecule has 2 saturated carbocycles. The van der Waals surface area contributed by atoms with Gasteiger partial charge in [-0.05, 0) is 69.3 Å². The van der Waals surface area contributed by atoms with Crippen molar-refractivity contribution in [3.05, 3.63) is 47.4 Å². The first kappa shape index (κ1) is 22.2. The van der Waals surface area contributed by atoms with E-state index in [1.54, 1.807) is 19.6 Å². The first-order valence-electron chi connectivity index (χ1n) is 13.2. The van der Waals surface area contributed by atoms with Gasteiger partial charge in [-0.2, -0.15) is 0 Å². The first-order chi connectivity index (χ1) is 17.0. The van der Waals surface area contributed by atoms with Gasteiger partial charge >= 0.3 is 0 Å². The molecule has 0 radical (unpaired) electrons. The predicted molar refractivity (Wildman–Crippen MR) is 131 cm³/mol. The molecule has 0 N–H and O–H groups in total. The summed E-state index contributed by atoms with van der Waals surface area (Å²) < 4.78 is 31.2. The maximum absolute atomic E-state index is 7.06. The van der Waals surface area contributed by atoms with Crippen LogP contribution in [0.2, 0.25) is 0 Å². The van der Waals surface area contributed by atoms with Crippen LogP contribution in [0.3, 0.4) is 0 Å². The number of piperidine rings is 1. The molecule has 3 aliphatic carbocycles. The summed E-state index contributed by atoms with van der Waals surface area (Å²) in [7, 11) is 5.98. The van der Waals surface area contributed by atoms with Crippen LogP contribution in [0.25, 0.3) is 0 Å². The van der Waals surface area contributed by atoms with E-state index in [9.17, 15) is 0 Å². The number of benzene rings is 1. The maximum Gasteiger partial charge on any atom is 0.165 e. The van der Waals surface area contributed by atoms with E-state index in [1.807, 2.05) is 13.2 Å². The molecule has 188 valence electrons. The Morgan fingerprint density at radius 2 is 2.06 bits per heavy atom. The number of ether oxygens (including phenoxy) is 4. The Kier molecular flexibility index (Phi) is 4.76. The molecule has 3 fully saturated rings. The molecule has 2 spiro atoms. The SMILES string of the molecule is COc1ccc2c3c1O[C@H]1C(OC)[C@]4(COCc5ccoc5)C[C@]5(CC[C@H]4C)[C@@H](C2)N(C)CC[C@]315. The molecule has 35 heavy (non-hydrogen) atoms. The van der Waals surface area contributed by atoms with Crippen molar-refractivity contribution in [2.75, 3.05) is 34.4 Å². The second-order valence-electron chi connectivity index (χ2n) is 11.9. The topological polar surface area (TPSA) is 53.3 Å². The highest BCUT2D eigenvalue weighted by Gasteiger charge is 2.78. The molecule has 7 atom stereocenters. The summed E-state index contributed by atoms with van der Waals surface area (Å²) in [6.45, 7) is 4.74. The Morgan fingerprint density at radius 1 is 1.17 bits per heavy atom. The minimum atomic E-state index is -0.103. The summed E-state index contributed by atoms with van der Waals surface area (Å²) in [5.41, 5.74) is 3.98. The standard InChI is InChI=1S/C29H37NO5/c1-18-7-9-28-16-27(18,17-34-15-19-8-12-33-14-19)25(32-4)26-29(28)10-11-30(2)22(28)13-20-5-6-21(31-3)24(35-26)23(20)29/h5-6,8,12,14,18,22,25-26H,7,9-11,13,15-17H2,1-4H3/t18-,22-,25?,26+,27+,28-,29+/m1/s1. The molecule has 2 aliphatic heterocycles. The van der Waals surface area contributed by atoms with Gasteiger partial charge in [-0.15, -0.1) is 0 Å². The fourth-order valence-electron chi connectivity index (χ4n) is 9.39. The van der Waals surface area contributed by atoms with Crippen LogP contribution in [0.4, 0.5) is 0 Å². The van der Waals surface area contributed by atoms with Crippen LogP contribution in [0.15, 0.2) is 35.1 Å². The minimum absolute atomic E-state index is 0.0249. The van der Waals surface area contributed by atoms with Crippen LogP contribution in [0, 0.1) is 16.7 Å². The van der Waals surface area contributed by atoms with Crippen molar-refractivity contribution in [3.8, 4) is 11.5 Å². The van der Waals surface area contributed by atoms with Gasteiger partial charge in [-0.3, -0.25) is 0 Å². The highest BCUT2D eigenvalue weighted by Crippen LogP contribution is 2.76. The number of fused-ring (bicyclic) bond motifs is 1. The fraction of sp³-hybridized carbons (Fsp3) is 0.655. The predicted octanol–water partition coefficient (Wildman–Crippen LogP) is 4.59. The third-order valence-electron chi connectivity index (χ3n) is 10.9. The lowest BCUT2D eigenvalue weighted by molar-refractivity contribution is -0.264. The molecular weight excluding hydrogens is 442 g/mol. The van der Waals surface area contributed by atoms with Crippen LogP contribution in [-0.4, -0.2) is 57.6 Å². The third-order valence-corrected chi connectivity index (χ3v) is 10.9. The number of likely N-dealkylation sites (N-methyl/N-ethyl adjacent to an activating group) is 1. The average molecular weight is 480 g/mol. The molecule has 1 saturated heterocycles. The molecule has 6 nitrogen and oxygen atoms in total. The van der Waals surface area contributed by atoms with Crippen LogP contribution in [0.5, 0.6) is 11.5 Å². The summed E-state index contributed by atoms with van der Waals surface area (Å²) in [4.78, 5) is 2.65. The maximum atomic E-state index is 7.06. The quantitative estimate of drug-likeness (QED) is 0.604. The van der Waals surface area contributed by atoms with Gasteiger partial charge in [0, 0.05) is 40.5 Å². The summed E-state index contributed by atoms with van der Waals surface area (Å²) in [6, 6.07) is 6.90. The van der Waals surface area contributed by atoms with Crippen molar-refractivity contribution in [2.45, 2.75) is 69.3 Å². The number of furan rings is 1. The van der Waals surface area contributed by atoms with Crippen LogP contribution in [-0.2, 0) is 27.9 Å². The zero-order valence-corrected chi connectivity index (χ0v) is 21.3. The van der Waals surface area contributed by atoms with E-state index in [0.29, 0.717) is 25.2 Å². The number of methoxy groups -OCH3 is 2.